The maximum atomic E-state index is 9.71. The van der Waals surface area contributed by atoms with Gasteiger partial charge in [-0.2, -0.15) is 0 Å². The van der Waals surface area contributed by atoms with E-state index in [4.69, 9.17) is 0 Å². The van der Waals surface area contributed by atoms with Crippen LogP contribution in [0.5, 0.6) is 0 Å². The molecule has 2 aliphatic rings. The smallest absolute Gasteiger partial charge is 0.0537 e. The monoisotopic (exact) mass is 294 g/mol. The minimum absolute atomic E-state index is 0.0448. The molecule has 0 radical (unpaired) electrons. The van der Waals surface area contributed by atoms with E-state index >= 15 is 0 Å². The minimum Gasteiger partial charge on any atom is -0.393 e. The molecule has 1 nitrogen and oxygen atoms in total. The molecular formula is C20H38O. The first-order chi connectivity index (χ1) is 10.2. The zero-order chi connectivity index (χ0) is 15.1. The van der Waals surface area contributed by atoms with E-state index in [0.717, 1.165) is 36.5 Å². The molecule has 0 saturated heterocycles. The molecule has 2 rings (SSSR count). The summed E-state index contributed by atoms with van der Waals surface area (Å²) in [6.45, 7) is 4.43. The Morgan fingerprint density at radius 2 is 1.24 bits per heavy atom. The number of aliphatic hydroxyl groups is 1. The van der Waals surface area contributed by atoms with Gasteiger partial charge in [-0.05, 0) is 68.6 Å². The molecule has 0 amide bonds. The highest BCUT2D eigenvalue weighted by atomic mass is 16.3. The van der Waals surface area contributed by atoms with Crippen LogP contribution in [-0.2, 0) is 0 Å². The molecule has 1 unspecified atom stereocenters. The van der Waals surface area contributed by atoms with Gasteiger partial charge in [0, 0.05) is 0 Å². The molecule has 2 aliphatic carbocycles. The van der Waals surface area contributed by atoms with Crippen molar-refractivity contribution in [3.63, 3.8) is 0 Å². The summed E-state index contributed by atoms with van der Waals surface area (Å²) in [5, 5.41) is 9.71. The average molecular weight is 295 g/mol. The summed E-state index contributed by atoms with van der Waals surface area (Å²) < 4.78 is 0. The molecule has 0 bridgehead atoms. The minimum atomic E-state index is -0.0448. The maximum Gasteiger partial charge on any atom is 0.0537 e. The van der Waals surface area contributed by atoms with Crippen molar-refractivity contribution in [2.24, 2.45) is 23.7 Å². The van der Waals surface area contributed by atoms with Crippen LogP contribution in [0.3, 0.4) is 0 Å². The molecule has 1 atom stereocenters. The number of hydrogen-bond donors (Lipinski definition) is 1. The summed E-state index contributed by atoms with van der Waals surface area (Å²) in [6, 6.07) is 0. The first-order valence-electron chi connectivity index (χ1n) is 9.90. The zero-order valence-corrected chi connectivity index (χ0v) is 14.5. The maximum absolute atomic E-state index is 9.71. The molecule has 0 aromatic carbocycles. The average Bonchev–Trinajstić information content (AvgIpc) is 2.54. The zero-order valence-electron chi connectivity index (χ0n) is 14.5. The van der Waals surface area contributed by atoms with Crippen LogP contribution in [0.15, 0.2) is 0 Å². The number of aliphatic hydroxyl groups excluding tert-OH is 1. The van der Waals surface area contributed by atoms with Crippen LogP contribution >= 0.6 is 0 Å². The van der Waals surface area contributed by atoms with E-state index in [1.54, 1.807) is 0 Å². The van der Waals surface area contributed by atoms with E-state index in [9.17, 15) is 5.11 Å². The van der Waals surface area contributed by atoms with Crippen molar-refractivity contribution in [1.82, 2.24) is 0 Å². The summed E-state index contributed by atoms with van der Waals surface area (Å²) in [5.41, 5.74) is 0. The Balaban J connectivity index is 1.63. The van der Waals surface area contributed by atoms with Gasteiger partial charge in [-0.3, -0.25) is 0 Å². The van der Waals surface area contributed by atoms with Gasteiger partial charge in [-0.25, -0.2) is 0 Å². The molecule has 1 heteroatoms. The Bertz CT molecular complexity index is 259. The fraction of sp³-hybridized carbons (Fsp3) is 1.00. The van der Waals surface area contributed by atoms with Gasteiger partial charge in [0.2, 0.25) is 0 Å². The summed E-state index contributed by atoms with van der Waals surface area (Å²) >= 11 is 0. The third kappa shape index (κ3) is 5.58. The fourth-order valence-corrected chi connectivity index (χ4v) is 4.94. The number of hydrogen-bond acceptors (Lipinski definition) is 1. The van der Waals surface area contributed by atoms with Gasteiger partial charge in [-0.1, -0.05) is 52.4 Å². The van der Waals surface area contributed by atoms with Crippen molar-refractivity contribution < 1.29 is 5.11 Å². The van der Waals surface area contributed by atoms with Crippen molar-refractivity contribution in [3.05, 3.63) is 0 Å². The van der Waals surface area contributed by atoms with Crippen molar-refractivity contribution >= 4 is 0 Å². The molecule has 0 aromatic rings. The number of rotatable bonds is 7. The Morgan fingerprint density at radius 1 is 0.762 bits per heavy atom. The van der Waals surface area contributed by atoms with Gasteiger partial charge in [0.25, 0.3) is 0 Å². The van der Waals surface area contributed by atoms with E-state index in [0.29, 0.717) is 0 Å². The molecule has 1 N–H and O–H groups in total. The largest absolute Gasteiger partial charge is 0.393 e. The Kier molecular flexibility index (Phi) is 7.57. The molecule has 0 spiro atoms. The van der Waals surface area contributed by atoms with Crippen LogP contribution in [0, 0.1) is 23.7 Å². The van der Waals surface area contributed by atoms with Crippen LogP contribution in [0.1, 0.15) is 97.3 Å². The lowest BCUT2D eigenvalue weighted by Crippen LogP contribution is -2.26. The van der Waals surface area contributed by atoms with Gasteiger partial charge in [0.05, 0.1) is 6.10 Å². The second-order valence-corrected chi connectivity index (χ2v) is 7.99. The van der Waals surface area contributed by atoms with E-state index in [1.807, 2.05) is 0 Å². The Labute approximate surface area is 132 Å². The van der Waals surface area contributed by atoms with Gasteiger partial charge in [0.1, 0.15) is 0 Å². The van der Waals surface area contributed by atoms with E-state index in [-0.39, 0.29) is 6.10 Å². The molecule has 2 saturated carbocycles. The van der Waals surface area contributed by atoms with Crippen LogP contribution in [0.2, 0.25) is 0 Å². The van der Waals surface area contributed by atoms with Gasteiger partial charge < -0.3 is 5.11 Å². The van der Waals surface area contributed by atoms with Crippen LogP contribution in [-0.4, -0.2) is 11.2 Å². The van der Waals surface area contributed by atoms with Crippen molar-refractivity contribution in [1.29, 1.82) is 0 Å². The summed E-state index contributed by atoms with van der Waals surface area (Å²) in [7, 11) is 0. The SMILES string of the molecule is CCC[C@H]1CC[C@H](C2CCC(CCC(O)CC)CC2)CC1. The van der Waals surface area contributed by atoms with Gasteiger partial charge in [0.15, 0.2) is 0 Å². The third-order valence-corrected chi connectivity index (χ3v) is 6.53. The quantitative estimate of drug-likeness (QED) is 0.615. The topological polar surface area (TPSA) is 20.2 Å². The van der Waals surface area contributed by atoms with Crippen molar-refractivity contribution in [2.45, 2.75) is 103 Å². The molecular weight excluding hydrogens is 256 g/mol. The molecule has 2 fully saturated rings. The van der Waals surface area contributed by atoms with Crippen molar-refractivity contribution in [2.75, 3.05) is 0 Å². The standard InChI is InChI=1S/C20H38O/c1-3-5-16-6-11-18(12-7-16)19-13-8-17(9-14-19)10-15-20(21)4-2/h16-21H,3-15H2,1-2H3/t16-,17?,18-,19?,20?. The molecule has 124 valence electrons. The summed E-state index contributed by atoms with van der Waals surface area (Å²) in [4.78, 5) is 0. The van der Waals surface area contributed by atoms with E-state index < -0.39 is 0 Å². The Hall–Kier alpha value is -0.0400. The highest BCUT2D eigenvalue weighted by molar-refractivity contribution is 4.82. The summed E-state index contributed by atoms with van der Waals surface area (Å²) in [5.74, 6) is 4.07. The van der Waals surface area contributed by atoms with Crippen LogP contribution < -0.4 is 0 Å². The predicted molar refractivity (Wildman–Crippen MR) is 91.3 cm³/mol. The first-order valence-corrected chi connectivity index (χ1v) is 9.90. The second kappa shape index (κ2) is 9.18. The molecule has 21 heavy (non-hydrogen) atoms. The van der Waals surface area contributed by atoms with Crippen LogP contribution in [0.25, 0.3) is 0 Å². The lowest BCUT2D eigenvalue weighted by Gasteiger charge is -2.38. The van der Waals surface area contributed by atoms with E-state index in [1.165, 1.54) is 70.6 Å². The van der Waals surface area contributed by atoms with Gasteiger partial charge in [-0.15, -0.1) is 0 Å². The highest BCUT2D eigenvalue weighted by Gasteiger charge is 2.30. The predicted octanol–water partition coefficient (Wildman–Crippen LogP) is 5.95. The van der Waals surface area contributed by atoms with Crippen LogP contribution in [0.4, 0.5) is 0 Å². The molecule has 0 aromatic heterocycles. The summed E-state index contributed by atoms with van der Waals surface area (Å²) in [6.07, 6.45) is 18.0. The first kappa shape index (κ1) is 17.3. The lowest BCUT2D eigenvalue weighted by atomic mass is 9.68. The molecule has 0 heterocycles. The fourth-order valence-electron chi connectivity index (χ4n) is 4.94. The highest BCUT2D eigenvalue weighted by Crippen LogP contribution is 2.42. The molecule has 0 aliphatic heterocycles. The van der Waals surface area contributed by atoms with E-state index in [2.05, 4.69) is 13.8 Å². The normalized spacial score (nSPS) is 35.6. The Morgan fingerprint density at radius 3 is 1.67 bits per heavy atom. The third-order valence-electron chi connectivity index (χ3n) is 6.53. The van der Waals surface area contributed by atoms with Gasteiger partial charge >= 0.3 is 0 Å². The van der Waals surface area contributed by atoms with Crippen molar-refractivity contribution in [3.8, 4) is 0 Å². The second-order valence-electron chi connectivity index (χ2n) is 7.99. The lowest BCUT2D eigenvalue weighted by molar-refractivity contribution is 0.121.